The number of hydrogen-bond acceptors (Lipinski definition) is 2. The third-order valence-electron chi connectivity index (χ3n) is 3.03. The normalized spacial score (nSPS) is 12.9. The number of amides is 1. The Morgan fingerprint density at radius 3 is 2.94 bits per heavy atom. The Bertz CT molecular complexity index is 466. The fourth-order valence-electron chi connectivity index (χ4n) is 2.09. The smallest absolute Gasteiger partial charge is 0.258 e. The minimum absolute atomic E-state index is 0.0616. The second-order valence-electron chi connectivity index (χ2n) is 4.81. The summed E-state index contributed by atoms with van der Waals surface area (Å²) in [7, 11) is 0. The molecular formula is C15H19NO2. The van der Waals surface area contributed by atoms with Crippen LogP contribution < -0.4 is 10.1 Å². The van der Waals surface area contributed by atoms with Crippen molar-refractivity contribution in [3.63, 3.8) is 0 Å². The van der Waals surface area contributed by atoms with Crippen LogP contribution in [0.1, 0.15) is 24.5 Å². The highest BCUT2D eigenvalue weighted by atomic mass is 16.5. The van der Waals surface area contributed by atoms with Gasteiger partial charge in [0.2, 0.25) is 0 Å². The molecule has 0 radical (unpaired) electrons. The predicted octanol–water partition coefficient (Wildman–Crippen LogP) is 2.25. The third-order valence-corrected chi connectivity index (χ3v) is 3.03. The van der Waals surface area contributed by atoms with E-state index in [9.17, 15) is 4.79 Å². The van der Waals surface area contributed by atoms with Gasteiger partial charge in [-0.25, -0.2) is 0 Å². The number of fused-ring (bicyclic) bond motifs is 1. The molecule has 1 aliphatic carbocycles. The third kappa shape index (κ3) is 3.36. The van der Waals surface area contributed by atoms with Gasteiger partial charge in [0.1, 0.15) is 5.75 Å². The quantitative estimate of drug-likeness (QED) is 0.808. The zero-order valence-corrected chi connectivity index (χ0v) is 10.8. The van der Waals surface area contributed by atoms with Gasteiger partial charge in [0, 0.05) is 6.54 Å². The van der Waals surface area contributed by atoms with Crippen molar-refractivity contribution in [2.75, 3.05) is 13.2 Å². The molecule has 0 aliphatic heterocycles. The van der Waals surface area contributed by atoms with E-state index in [0.717, 1.165) is 24.2 Å². The molecule has 0 saturated carbocycles. The van der Waals surface area contributed by atoms with E-state index in [4.69, 9.17) is 4.74 Å². The van der Waals surface area contributed by atoms with Crippen molar-refractivity contribution in [2.24, 2.45) is 0 Å². The molecule has 0 spiro atoms. The van der Waals surface area contributed by atoms with E-state index in [1.807, 2.05) is 19.1 Å². The SMILES string of the molecule is C=C(C)CNC(=O)COc1ccc2c(c1)CCC2. The highest BCUT2D eigenvalue weighted by Crippen LogP contribution is 2.25. The van der Waals surface area contributed by atoms with Crippen LogP contribution in [-0.2, 0) is 17.6 Å². The number of rotatable bonds is 5. The largest absolute Gasteiger partial charge is 0.484 e. The summed E-state index contributed by atoms with van der Waals surface area (Å²) in [6.07, 6.45) is 3.50. The number of aryl methyl sites for hydroxylation is 2. The Morgan fingerprint density at radius 1 is 1.39 bits per heavy atom. The maximum atomic E-state index is 11.5. The van der Waals surface area contributed by atoms with Gasteiger partial charge in [0.05, 0.1) is 0 Å². The molecule has 3 nitrogen and oxygen atoms in total. The van der Waals surface area contributed by atoms with E-state index >= 15 is 0 Å². The van der Waals surface area contributed by atoms with Crippen LogP contribution >= 0.6 is 0 Å². The summed E-state index contributed by atoms with van der Waals surface area (Å²) < 4.78 is 5.48. The molecule has 96 valence electrons. The van der Waals surface area contributed by atoms with E-state index < -0.39 is 0 Å². The zero-order chi connectivity index (χ0) is 13.0. The molecule has 2 rings (SSSR count). The lowest BCUT2D eigenvalue weighted by molar-refractivity contribution is -0.122. The summed E-state index contributed by atoms with van der Waals surface area (Å²) in [6, 6.07) is 6.09. The van der Waals surface area contributed by atoms with Gasteiger partial charge in [0.15, 0.2) is 6.61 Å². The van der Waals surface area contributed by atoms with Crippen molar-refractivity contribution in [1.29, 1.82) is 0 Å². The van der Waals surface area contributed by atoms with E-state index in [-0.39, 0.29) is 12.5 Å². The molecule has 0 saturated heterocycles. The molecule has 0 bridgehead atoms. The number of hydrogen-bond donors (Lipinski definition) is 1. The molecular weight excluding hydrogens is 226 g/mol. The number of benzene rings is 1. The van der Waals surface area contributed by atoms with E-state index in [2.05, 4.69) is 18.0 Å². The van der Waals surface area contributed by atoms with Gasteiger partial charge >= 0.3 is 0 Å². The molecule has 1 aromatic rings. The van der Waals surface area contributed by atoms with Crippen molar-refractivity contribution < 1.29 is 9.53 Å². The van der Waals surface area contributed by atoms with Crippen LogP contribution in [-0.4, -0.2) is 19.1 Å². The molecule has 3 heteroatoms. The fourth-order valence-corrected chi connectivity index (χ4v) is 2.09. The predicted molar refractivity (Wildman–Crippen MR) is 71.8 cm³/mol. The second-order valence-corrected chi connectivity index (χ2v) is 4.81. The van der Waals surface area contributed by atoms with E-state index in [0.29, 0.717) is 6.54 Å². The Kier molecular flexibility index (Phi) is 4.03. The molecule has 1 amide bonds. The van der Waals surface area contributed by atoms with Gasteiger partial charge in [-0.1, -0.05) is 18.2 Å². The van der Waals surface area contributed by atoms with Gasteiger partial charge in [-0.05, 0) is 49.4 Å². The zero-order valence-electron chi connectivity index (χ0n) is 10.8. The first kappa shape index (κ1) is 12.7. The van der Waals surface area contributed by atoms with Crippen molar-refractivity contribution >= 4 is 5.91 Å². The van der Waals surface area contributed by atoms with E-state index in [1.165, 1.54) is 17.5 Å². The van der Waals surface area contributed by atoms with Crippen LogP contribution in [0, 0.1) is 0 Å². The van der Waals surface area contributed by atoms with Crippen LogP contribution in [0.4, 0.5) is 0 Å². The second kappa shape index (κ2) is 5.71. The standard InChI is InChI=1S/C15H19NO2/c1-11(2)9-16-15(17)10-18-14-7-6-12-4-3-5-13(12)8-14/h6-8H,1,3-5,9-10H2,2H3,(H,16,17). The number of ether oxygens (including phenoxy) is 1. The van der Waals surface area contributed by atoms with Crippen LogP contribution in [0.5, 0.6) is 5.75 Å². The van der Waals surface area contributed by atoms with Crippen LogP contribution in [0.3, 0.4) is 0 Å². The molecule has 1 aliphatic rings. The number of nitrogens with one attached hydrogen (secondary N) is 1. The van der Waals surface area contributed by atoms with E-state index in [1.54, 1.807) is 0 Å². The first-order chi connectivity index (χ1) is 8.65. The van der Waals surface area contributed by atoms with Crippen LogP contribution in [0.15, 0.2) is 30.4 Å². The van der Waals surface area contributed by atoms with Gasteiger partial charge in [-0.15, -0.1) is 0 Å². The average molecular weight is 245 g/mol. The maximum absolute atomic E-state index is 11.5. The van der Waals surface area contributed by atoms with Gasteiger partial charge in [0.25, 0.3) is 5.91 Å². The lowest BCUT2D eigenvalue weighted by Gasteiger charge is -2.08. The Morgan fingerprint density at radius 2 is 2.17 bits per heavy atom. The van der Waals surface area contributed by atoms with Gasteiger partial charge in [-0.2, -0.15) is 0 Å². The first-order valence-corrected chi connectivity index (χ1v) is 6.31. The van der Waals surface area contributed by atoms with Gasteiger partial charge < -0.3 is 10.1 Å². The topological polar surface area (TPSA) is 38.3 Å². The van der Waals surface area contributed by atoms with Crippen LogP contribution in [0.25, 0.3) is 0 Å². The molecule has 0 fully saturated rings. The summed E-state index contributed by atoms with van der Waals surface area (Å²) in [5.74, 6) is 0.666. The highest BCUT2D eigenvalue weighted by Gasteiger charge is 2.11. The fraction of sp³-hybridized carbons (Fsp3) is 0.400. The Hall–Kier alpha value is -1.77. The van der Waals surface area contributed by atoms with Crippen molar-refractivity contribution in [1.82, 2.24) is 5.32 Å². The molecule has 1 N–H and O–H groups in total. The molecule has 0 atom stereocenters. The summed E-state index contributed by atoms with van der Waals surface area (Å²) in [5, 5.41) is 2.74. The van der Waals surface area contributed by atoms with Gasteiger partial charge in [-0.3, -0.25) is 4.79 Å². The summed E-state index contributed by atoms with van der Waals surface area (Å²) >= 11 is 0. The highest BCUT2D eigenvalue weighted by molar-refractivity contribution is 5.77. The first-order valence-electron chi connectivity index (χ1n) is 6.31. The molecule has 18 heavy (non-hydrogen) atoms. The average Bonchev–Trinajstić information content (AvgIpc) is 2.81. The van der Waals surface area contributed by atoms with Crippen molar-refractivity contribution in [3.05, 3.63) is 41.5 Å². The summed E-state index contributed by atoms with van der Waals surface area (Å²) in [5.41, 5.74) is 3.70. The minimum Gasteiger partial charge on any atom is -0.484 e. The lowest BCUT2D eigenvalue weighted by atomic mass is 10.1. The monoisotopic (exact) mass is 245 g/mol. The number of carbonyl (C=O) groups excluding carboxylic acids is 1. The lowest BCUT2D eigenvalue weighted by Crippen LogP contribution is -2.29. The maximum Gasteiger partial charge on any atom is 0.258 e. The van der Waals surface area contributed by atoms with Crippen molar-refractivity contribution in [3.8, 4) is 5.75 Å². The Balaban J connectivity index is 1.83. The molecule has 0 aromatic heterocycles. The van der Waals surface area contributed by atoms with Crippen LogP contribution in [0.2, 0.25) is 0 Å². The summed E-state index contributed by atoms with van der Waals surface area (Å²) in [6.45, 7) is 6.17. The Labute approximate surface area is 108 Å². The molecule has 1 aromatic carbocycles. The van der Waals surface area contributed by atoms with Crippen molar-refractivity contribution in [2.45, 2.75) is 26.2 Å². The number of carbonyl (C=O) groups is 1. The minimum atomic E-state index is -0.113. The molecule has 0 unspecified atom stereocenters. The molecule has 0 heterocycles. The summed E-state index contributed by atoms with van der Waals surface area (Å²) in [4.78, 5) is 11.5.